The first-order valence-corrected chi connectivity index (χ1v) is 8.52. The highest BCUT2D eigenvalue weighted by Gasteiger charge is 2.30. The summed E-state index contributed by atoms with van der Waals surface area (Å²) in [6, 6.07) is 15.7. The SMILES string of the molecule is N#Cc1ccc(CN2CC[C@@H](c3ccc4c(c3)OCO4)[C@H](O)C2)cc1. The molecular formula is C20H20N2O3. The highest BCUT2D eigenvalue weighted by molar-refractivity contribution is 5.45. The van der Waals surface area contributed by atoms with Crippen LogP contribution < -0.4 is 9.47 Å². The van der Waals surface area contributed by atoms with Crippen molar-refractivity contribution >= 4 is 0 Å². The van der Waals surface area contributed by atoms with Gasteiger partial charge in [0.2, 0.25) is 6.79 Å². The van der Waals surface area contributed by atoms with E-state index in [0.717, 1.165) is 42.1 Å². The maximum Gasteiger partial charge on any atom is 0.231 e. The third-order valence-electron chi connectivity index (χ3n) is 4.98. The van der Waals surface area contributed by atoms with Gasteiger partial charge in [-0.2, -0.15) is 5.26 Å². The molecule has 0 saturated carbocycles. The molecule has 2 aliphatic rings. The maximum atomic E-state index is 10.6. The summed E-state index contributed by atoms with van der Waals surface area (Å²) in [6.07, 6.45) is 0.490. The first-order valence-electron chi connectivity index (χ1n) is 8.52. The topological polar surface area (TPSA) is 65.7 Å². The van der Waals surface area contributed by atoms with Crippen LogP contribution in [-0.2, 0) is 6.54 Å². The predicted molar refractivity (Wildman–Crippen MR) is 92.4 cm³/mol. The molecule has 1 fully saturated rings. The van der Waals surface area contributed by atoms with E-state index >= 15 is 0 Å². The monoisotopic (exact) mass is 336 g/mol. The number of rotatable bonds is 3. The van der Waals surface area contributed by atoms with Crippen LogP contribution in [0.3, 0.4) is 0 Å². The highest BCUT2D eigenvalue weighted by atomic mass is 16.7. The van der Waals surface area contributed by atoms with Gasteiger partial charge in [0.25, 0.3) is 0 Å². The van der Waals surface area contributed by atoms with Gasteiger partial charge in [-0.25, -0.2) is 0 Å². The Kier molecular flexibility index (Phi) is 4.31. The molecule has 2 aliphatic heterocycles. The first kappa shape index (κ1) is 15.9. The normalized spacial score (nSPS) is 22.6. The van der Waals surface area contributed by atoms with Gasteiger partial charge in [0.15, 0.2) is 11.5 Å². The van der Waals surface area contributed by atoms with E-state index in [0.29, 0.717) is 12.1 Å². The van der Waals surface area contributed by atoms with Gasteiger partial charge >= 0.3 is 0 Å². The molecule has 5 nitrogen and oxygen atoms in total. The molecule has 1 saturated heterocycles. The van der Waals surface area contributed by atoms with Crippen LogP contribution in [0.2, 0.25) is 0 Å². The quantitative estimate of drug-likeness (QED) is 0.933. The number of nitriles is 1. The van der Waals surface area contributed by atoms with Gasteiger partial charge in [-0.15, -0.1) is 0 Å². The second kappa shape index (κ2) is 6.75. The fourth-order valence-electron chi connectivity index (χ4n) is 3.62. The van der Waals surface area contributed by atoms with E-state index in [2.05, 4.69) is 11.0 Å². The Morgan fingerprint density at radius 3 is 2.68 bits per heavy atom. The van der Waals surface area contributed by atoms with Crippen LogP contribution in [0.25, 0.3) is 0 Å². The van der Waals surface area contributed by atoms with Crippen molar-refractivity contribution in [2.45, 2.75) is 25.0 Å². The number of hydrogen-bond acceptors (Lipinski definition) is 5. The van der Waals surface area contributed by atoms with E-state index < -0.39 is 6.10 Å². The van der Waals surface area contributed by atoms with Gasteiger partial charge in [0, 0.05) is 19.0 Å². The molecule has 0 amide bonds. The first-order chi connectivity index (χ1) is 12.2. The predicted octanol–water partition coefficient (Wildman–Crippen LogP) is 2.64. The Morgan fingerprint density at radius 2 is 1.92 bits per heavy atom. The van der Waals surface area contributed by atoms with Crippen LogP contribution in [0.1, 0.15) is 29.0 Å². The number of hydrogen-bond donors (Lipinski definition) is 1. The number of aliphatic hydroxyl groups excluding tert-OH is 1. The van der Waals surface area contributed by atoms with Crippen molar-refractivity contribution in [1.29, 1.82) is 5.26 Å². The molecule has 2 heterocycles. The fourth-order valence-corrected chi connectivity index (χ4v) is 3.62. The van der Waals surface area contributed by atoms with Gasteiger partial charge in [-0.1, -0.05) is 18.2 Å². The third-order valence-corrected chi connectivity index (χ3v) is 4.98. The molecule has 2 atom stereocenters. The maximum absolute atomic E-state index is 10.6. The number of likely N-dealkylation sites (tertiary alicyclic amines) is 1. The van der Waals surface area contributed by atoms with Gasteiger partial charge in [0.05, 0.1) is 17.7 Å². The number of ether oxygens (including phenoxy) is 2. The summed E-state index contributed by atoms with van der Waals surface area (Å²) in [5.41, 5.74) is 2.94. The minimum atomic E-state index is -0.410. The number of aliphatic hydroxyl groups is 1. The number of nitrogens with zero attached hydrogens (tertiary/aromatic N) is 2. The molecule has 0 radical (unpaired) electrons. The van der Waals surface area contributed by atoms with Gasteiger partial charge < -0.3 is 14.6 Å². The molecule has 0 aliphatic carbocycles. The van der Waals surface area contributed by atoms with E-state index in [9.17, 15) is 5.11 Å². The largest absolute Gasteiger partial charge is 0.454 e. The van der Waals surface area contributed by atoms with Crippen LogP contribution in [0.4, 0.5) is 0 Å². The number of β-amino-alcohol motifs (C(OH)–C–C–N with tert-alkyl or cyclic N) is 1. The second-order valence-electron chi connectivity index (χ2n) is 6.62. The Balaban J connectivity index is 1.41. The summed E-state index contributed by atoms with van der Waals surface area (Å²) in [4.78, 5) is 2.26. The number of piperidine rings is 1. The molecule has 0 aromatic heterocycles. The van der Waals surface area contributed by atoms with Crippen LogP contribution in [0.5, 0.6) is 11.5 Å². The Labute approximate surface area is 147 Å². The Hall–Kier alpha value is -2.55. The molecular weight excluding hydrogens is 316 g/mol. The molecule has 0 unspecified atom stereocenters. The van der Waals surface area contributed by atoms with Crippen molar-refractivity contribution in [1.82, 2.24) is 4.90 Å². The summed E-state index contributed by atoms with van der Waals surface area (Å²) >= 11 is 0. The molecule has 0 bridgehead atoms. The molecule has 128 valence electrons. The summed E-state index contributed by atoms with van der Waals surface area (Å²) in [5.74, 6) is 1.66. The lowest BCUT2D eigenvalue weighted by molar-refractivity contribution is 0.0476. The molecule has 4 rings (SSSR count). The van der Waals surface area contributed by atoms with Crippen LogP contribution in [-0.4, -0.2) is 36.0 Å². The lowest BCUT2D eigenvalue weighted by Crippen LogP contribution is -2.42. The molecule has 1 N–H and O–H groups in total. The zero-order valence-electron chi connectivity index (χ0n) is 13.9. The van der Waals surface area contributed by atoms with Gasteiger partial charge in [0.1, 0.15) is 0 Å². The minimum absolute atomic E-state index is 0.117. The van der Waals surface area contributed by atoms with E-state index in [1.54, 1.807) is 0 Å². The average Bonchev–Trinajstić information content (AvgIpc) is 3.10. The van der Waals surface area contributed by atoms with Crippen molar-refractivity contribution in [2.75, 3.05) is 19.9 Å². The minimum Gasteiger partial charge on any atom is -0.454 e. The van der Waals surface area contributed by atoms with Crippen molar-refractivity contribution in [2.24, 2.45) is 0 Å². The highest BCUT2D eigenvalue weighted by Crippen LogP contribution is 2.37. The van der Waals surface area contributed by atoms with Crippen LogP contribution >= 0.6 is 0 Å². The van der Waals surface area contributed by atoms with E-state index in [1.807, 2.05) is 42.5 Å². The second-order valence-corrected chi connectivity index (χ2v) is 6.62. The van der Waals surface area contributed by atoms with Crippen molar-refractivity contribution in [3.05, 3.63) is 59.2 Å². The van der Waals surface area contributed by atoms with Crippen LogP contribution in [0.15, 0.2) is 42.5 Å². The summed E-state index contributed by atoms with van der Waals surface area (Å²) in [5, 5.41) is 19.5. The average molecular weight is 336 g/mol. The van der Waals surface area contributed by atoms with Crippen molar-refractivity contribution < 1.29 is 14.6 Å². The molecule has 2 aromatic carbocycles. The van der Waals surface area contributed by atoms with Gasteiger partial charge in [-0.05, 0) is 48.4 Å². The molecule has 25 heavy (non-hydrogen) atoms. The number of fused-ring (bicyclic) bond motifs is 1. The lowest BCUT2D eigenvalue weighted by atomic mass is 9.86. The van der Waals surface area contributed by atoms with Gasteiger partial charge in [-0.3, -0.25) is 4.90 Å². The summed E-state index contributed by atoms with van der Waals surface area (Å²) in [6.45, 7) is 2.62. The lowest BCUT2D eigenvalue weighted by Gasteiger charge is -2.36. The van der Waals surface area contributed by atoms with E-state index in [1.165, 1.54) is 0 Å². The van der Waals surface area contributed by atoms with E-state index in [4.69, 9.17) is 14.7 Å². The smallest absolute Gasteiger partial charge is 0.231 e. The molecule has 2 aromatic rings. The van der Waals surface area contributed by atoms with Crippen LogP contribution in [0, 0.1) is 11.3 Å². The zero-order valence-corrected chi connectivity index (χ0v) is 13.9. The zero-order chi connectivity index (χ0) is 17.2. The van der Waals surface area contributed by atoms with Crippen molar-refractivity contribution in [3.63, 3.8) is 0 Å². The van der Waals surface area contributed by atoms with E-state index in [-0.39, 0.29) is 12.7 Å². The summed E-state index contributed by atoms with van der Waals surface area (Å²) < 4.78 is 10.8. The fraction of sp³-hybridized carbons (Fsp3) is 0.350. The molecule has 0 spiro atoms. The standard InChI is InChI=1S/C20H20N2O3/c21-10-14-1-3-15(4-2-14)11-22-8-7-17(18(23)12-22)16-5-6-19-20(9-16)25-13-24-19/h1-6,9,17-18,23H,7-8,11-13H2/t17-,18+/m0/s1. The summed E-state index contributed by atoms with van der Waals surface area (Å²) in [7, 11) is 0. The Morgan fingerprint density at radius 1 is 1.12 bits per heavy atom. The Bertz CT molecular complexity index is 798. The van der Waals surface area contributed by atoms with Crippen molar-refractivity contribution in [3.8, 4) is 17.6 Å². The third kappa shape index (κ3) is 3.32. The number of benzene rings is 2. The molecule has 5 heteroatoms.